The van der Waals surface area contributed by atoms with E-state index in [9.17, 15) is 30.0 Å². The zero-order valence-corrected chi connectivity index (χ0v) is 46.8. The van der Waals surface area contributed by atoms with Crippen LogP contribution in [-0.4, -0.2) is 135 Å². The Morgan fingerprint density at radius 1 is 0.785 bits per heavy atom. The van der Waals surface area contributed by atoms with Crippen LogP contribution in [-0.2, 0) is 46.0 Å². The second kappa shape index (κ2) is 29.2. The molecular weight excluding hydrogens is 1020 g/mol. The zero-order chi connectivity index (χ0) is 57.3. The maximum absolute atomic E-state index is 13.7. The highest BCUT2D eigenvalue weighted by Crippen LogP contribution is 2.37. The van der Waals surface area contributed by atoms with Crippen molar-refractivity contribution in [2.75, 3.05) is 42.0 Å². The number of aliphatic hydroxyl groups excluding tert-OH is 3. The number of carbonyl (C=O) groups is 2. The first-order valence-electron chi connectivity index (χ1n) is 26.4. The number of rotatable bonds is 20. The van der Waals surface area contributed by atoms with Crippen molar-refractivity contribution in [2.45, 2.75) is 128 Å². The molecule has 0 spiro atoms. The minimum Gasteiger partial charge on any atom is -0.497 e. The van der Waals surface area contributed by atoms with Gasteiger partial charge in [0.05, 0.1) is 32.5 Å². The average Bonchev–Trinajstić information content (AvgIpc) is 3.93. The molecule has 17 nitrogen and oxygen atoms in total. The molecule has 2 fully saturated rings. The number of aromatic carboxylic acids is 1. The first-order valence-corrected chi connectivity index (χ1v) is 26.4. The lowest BCUT2D eigenvalue weighted by Crippen LogP contribution is -2.34. The topological polar surface area (TPSA) is 217 Å². The normalized spacial score (nSPS) is 24.6. The van der Waals surface area contributed by atoms with Gasteiger partial charge in [-0.1, -0.05) is 109 Å². The van der Waals surface area contributed by atoms with E-state index in [1.165, 1.54) is 27.4 Å². The summed E-state index contributed by atoms with van der Waals surface area (Å²) in [6.07, 6.45) is 11.1. The Balaban J connectivity index is 0.000000255. The molecule has 3 aliphatic heterocycles. The van der Waals surface area contributed by atoms with E-state index >= 15 is 0 Å². The number of benzene rings is 4. The Labute approximate surface area is 463 Å². The highest BCUT2D eigenvalue weighted by molar-refractivity contribution is 5.97. The Hall–Kier alpha value is -6.38. The van der Waals surface area contributed by atoms with Gasteiger partial charge in [0, 0.05) is 38.2 Å². The number of hydrogen-bond donors (Lipinski definition) is 4. The number of cyclic esters (lactones) is 1. The van der Waals surface area contributed by atoms with Crippen molar-refractivity contribution in [3.63, 3.8) is 0 Å². The monoisotopic (exact) mass is 1090 g/mol. The Morgan fingerprint density at radius 2 is 1.41 bits per heavy atom. The summed E-state index contributed by atoms with van der Waals surface area (Å²) in [5.74, 6) is -2.49. The molecule has 0 amide bonds. The van der Waals surface area contributed by atoms with Gasteiger partial charge in [0.1, 0.15) is 64.6 Å². The number of ether oxygens (including phenoxy) is 11. The first kappa shape index (κ1) is 61.8. The van der Waals surface area contributed by atoms with E-state index in [-0.39, 0.29) is 42.3 Å². The molecule has 3 unspecified atom stereocenters. The van der Waals surface area contributed by atoms with Crippen LogP contribution < -0.4 is 18.9 Å². The molecule has 79 heavy (non-hydrogen) atoms. The van der Waals surface area contributed by atoms with Gasteiger partial charge in [-0.15, -0.1) is 0 Å². The molecule has 2 saturated heterocycles. The molecule has 0 bridgehead atoms. The van der Waals surface area contributed by atoms with Crippen molar-refractivity contribution in [3.8, 4) is 23.0 Å². The predicted molar refractivity (Wildman–Crippen MR) is 297 cm³/mol. The molecule has 7 rings (SSSR count). The zero-order valence-electron chi connectivity index (χ0n) is 46.8. The number of carbonyl (C=O) groups excluding carboxylic acids is 1. The summed E-state index contributed by atoms with van der Waals surface area (Å²) < 4.78 is 62.4. The van der Waals surface area contributed by atoms with E-state index in [0.717, 1.165) is 11.1 Å². The Morgan fingerprint density at radius 3 is 2.04 bits per heavy atom. The summed E-state index contributed by atoms with van der Waals surface area (Å²) in [6, 6.07) is 26.3. The number of carboxylic acids is 1. The first-order chi connectivity index (χ1) is 37.7. The highest BCUT2D eigenvalue weighted by atomic mass is 16.8. The molecule has 3 heterocycles. The lowest BCUT2D eigenvalue weighted by Gasteiger charge is -2.25. The minimum absolute atomic E-state index is 0.0277. The molecule has 0 aromatic heterocycles. The van der Waals surface area contributed by atoms with Crippen molar-refractivity contribution in [1.82, 2.24) is 0 Å². The van der Waals surface area contributed by atoms with Crippen LogP contribution in [0.4, 0.5) is 0 Å². The van der Waals surface area contributed by atoms with Crippen LogP contribution >= 0.6 is 0 Å². The van der Waals surface area contributed by atoms with E-state index in [2.05, 4.69) is 0 Å². The number of carboxylic acid groups (broad SMARTS) is 1. The van der Waals surface area contributed by atoms with E-state index < -0.39 is 72.3 Å². The standard InChI is InChI=1S/C31H40O9.C31H38O8/c1-20(32)22(16-21-10-7-6-8-11-21)14-15-25(33)29-26(39-31(2,3)40-29)13-9-12-23-17-24(37-5)18-27(38-19-36-4)28(23)30(34)35;1-20-22(16-21-10-7-6-8-11-21)14-15-25(32)29-26(38-31(2,3)39-29)13-9-12-23-17-24(35-5)18-27(36-19-34-4)28(23)30(33)37-20/h6-12,14-15,17-18,20,22,25-26,29,32-33H,13,16,19H2,1-5H3,(H,34,35);6-12,14-15,17-18,20,22,25-26,29,32H,13,16,19H2,1-5H3/b2*12-9+,15-14-/t20-,22?,25?,26-,29+;20-,22+,25?,26-,29+/m00/s1. The van der Waals surface area contributed by atoms with Gasteiger partial charge >= 0.3 is 11.9 Å². The molecule has 0 radical (unpaired) electrons. The van der Waals surface area contributed by atoms with Crippen molar-refractivity contribution in [2.24, 2.45) is 11.8 Å². The number of aliphatic hydroxyl groups is 3. The molecular formula is C62H78O17. The fraction of sp³-hybridized carbons (Fsp3) is 0.452. The van der Waals surface area contributed by atoms with Crippen LogP contribution in [0.25, 0.3) is 12.2 Å². The van der Waals surface area contributed by atoms with Crippen molar-refractivity contribution >= 4 is 24.1 Å². The van der Waals surface area contributed by atoms with Gasteiger partial charge in [-0.05, 0) is 102 Å². The molecule has 0 aliphatic carbocycles. The maximum atomic E-state index is 13.7. The Bertz CT molecular complexity index is 2700. The van der Waals surface area contributed by atoms with Gasteiger partial charge in [-0.2, -0.15) is 0 Å². The van der Waals surface area contributed by atoms with Crippen molar-refractivity contribution < 1.29 is 82.1 Å². The molecule has 0 saturated carbocycles. The molecule has 3 aliphatic rings. The second-order valence-corrected chi connectivity index (χ2v) is 20.4. The third-order valence-corrected chi connectivity index (χ3v) is 13.5. The summed E-state index contributed by atoms with van der Waals surface area (Å²) in [4.78, 5) is 25.7. The van der Waals surface area contributed by atoms with E-state index in [0.29, 0.717) is 54.1 Å². The van der Waals surface area contributed by atoms with E-state index in [1.54, 1.807) is 70.4 Å². The third kappa shape index (κ3) is 17.8. The van der Waals surface area contributed by atoms with Crippen LogP contribution in [0.1, 0.15) is 97.4 Å². The maximum Gasteiger partial charge on any atom is 0.342 e. The largest absolute Gasteiger partial charge is 0.497 e. The number of esters is 1. The smallest absolute Gasteiger partial charge is 0.342 e. The van der Waals surface area contributed by atoms with Gasteiger partial charge in [0.25, 0.3) is 0 Å². The summed E-state index contributed by atoms with van der Waals surface area (Å²) >= 11 is 0. The highest BCUT2D eigenvalue weighted by Gasteiger charge is 2.45. The summed E-state index contributed by atoms with van der Waals surface area (Å²) in [5, 5.41) is 42.3. The van der Waals surface area contributed by atoms with Crippen LogP contribution in [0.2, 0.25) is 0 Å². The summed E-state index contributed by atoms with van der Waals surface area (Å²) in [7, 11) is 5.99. The van der Waals surface area contributed by atoms with Crippen LogP contribution in [0.5, 0.6) is 23.0 Å². The van der Waals surface area contributed by atoms with Crippen molar-refractivity contribution in [1.29, 1.82) is 0 Å². The number of hydrogen-bond acceptors (Lipinski definition) is 16. The second-order valence-electron chi connectivity index (χ2n) is 20.4. The number of fused-ring (bicyclic) bond motifs is 2. The molecule has 4 aromatic rings. The molecule has 4 aromatic carbocycles. The molecule has 428 valence electrons. The molecule has 10 atom stereocenters. The lowest BCUT2D eigenvalue weighted by atomic mass is 9.92. The van der Waals surface area contributed by atoms with E-state index in [4.69, 9.17) is 52.1 Å². The fourth-order valence-electron chi connectivity index (χ4n) is 9.58. The SMILES string of the molecule is COCOc1cc(OC)cc(/C=C/C[C@@H]2OC(C)(C)O[C@@H]2C(O)/C=C\C(Cc2ccccc2)[C@H](C)O)c1C(=O)O.COCOc1cc(OC)cc2c1C(=O)O[C@@H](C)[C@@H](Cc1ccccc1)/C=C\C(O)[C@H]1OC(C)(C)O[C@H]1C/C=C/2. The van der Waals surface area contributed by atoms with Gasteiger partial charge in [0.15, 0.2) is 25.2 Å². The average molecular weight is 1100 g/mol. The van der Waals surface area contributed by atoms with Crippen molar-refractivity contribution in [3.05, 3.63) is 155 Å². The fourth-order valence-corrected chi connectivity index (χ4v) is 9.58. The van der Waals surface area contributed by atoms with Gasteiger partial charge in [-0.3, -0.25) is 0 Å². The Kier molecular flexibility index (Phi) is 22.8. The van der Waals surface area contributed by atoms with Crippen LogP contribution in [0.3, 0.4) is 0 Å². The molecule has 17 heteroatoms. The number of methoxy groups -OCH3 is 4. The van der Waals surface area contributed by atoms with Crippen LogP contribution in [0.15, 0.2) is 121 Å². The predicted octanol–water partition coefficient (Wildman–Crippen LogP) is 9.39. The lowest BCUT2D eigenvalue weighted by molar-refractivity contribution is -0.152. The summed E-state index contributed by atoms with van der Waals surface area (Å²) in [5.41, 5.74) is 3.37. The van der Waals surface area contributed by atoms with Crippen LogP contribution in [0, 0.1) is 11.8 Å². The third-order valence-electron chi connectivity index (χ3n) is 13.5. The van der Waals surface area contributed by atoms with E-state index in [1.807, 2.05) is 106 Å². The molecule has 4 N–H and O–H groups in total. The summed E-state index contributed by atoms with van der Waals surface area (Å²) in [6.45, 7) is 10.6. The minimum atomic E-state index is -1.16. The van der Waals surface area contributed by atoms with Gasteiger partial charge in [-0.25, -0.2) is 9.59 Å². The quantitative estimate of drug-likeness (QED) is 0.0368. The van der Waals surface area contributed by atoms with Gasteiger partial charge in [0.2, 0.25) is 0 Å². The van der Waals surface area contributed by atoms with Gasteiger partial charge < -0.3 is 72.5 Å².